The molecule has 4 heterocycles. The number of rotatable bonds is 5. The summed E-state index contributed by atoms with van der Waals surface area (Å²) in [5.74, 6) is 1.77. The van der Waals surface area contributed by atoms with Crippen LogP contribution in [0.2, 0.25) is 0 Å². The van der Waals surface area contributed by atoms with E-state index in [2.05, 4.69) is 125 Å². The van der Waals surface area contributed by atoms with Crippen molar-refractivity contribution in [2.45, 2.75) is 0 Å². The monoisotopic (exact) mass is 664 g/mol. The van der Waals surface area contributed by atoms with Crippen molar-refractivity contribution >= 4 is 43.2 Å². The molecule has 0 aliphatic rings. The van der Waals surface area contributed by atoms with Crippen molar-refractivity contribution in [1.29, 1.82) is 0 Å². The van der Waals surface area contributed by atoms with E-state index in [1.807, 2.05) is 30.3 Å². The quantitative estimate of drug-likeness (QED) is 0.170. The lowest BCUT2D eigenvalue weighted by Crippen LogP contribution is -2.00. The van der Waals surface area contributed by atoms with E-state index in [1.165, 1.54) is 32.3 Å². The van der Waals surface area contributed by atoms with E-state index >= 15 is 0 Å². The first-order valence-electron chi connectivity index (χ1n) is 17.2. The summed E-state index contributed by atoms with van der Waals surface area (Å²) in [6, 6.07) is 50.6. The molecule has 0 bridgehead atoms. The Morgan fingerprint density at radius 2 is 0.769 bits per heavy atom. The van der Waals surface area contributed by atoms with Crippen molar-refractivity contribution in [1.82, 2.24) is 29.9 Å². The second-order valence-electron chi connectivity index (χ2n) is 12.8. The highest BCUT2D eigenvalue weighted by Crippen LogP contribution is 2.43. The summed E-state index contributed by atoms with van der Waals surface area (Å²) in [6.45, 7) is 0. The van der Waals surface area contributed by atoms with Gasteiger partial charge in [-0.05, 0) is 69.1 Å². The summed E-state index contributed by atoms with van der Waals surface area (Å²) < 4.78 is 0. The molecule has 10 rings (SSSR count). The highest BCUT2D eigenvalue weighted by molar-refractivity contribution is 6.33. The Kier molecular flexibility index (Phi) is 7.03. The zero-order chi connectivity index (χ0) is 34.4. The summed E-state index contributed by atoms with van der Waals surface area (Å²) in [4.78, 5) is 28.3. The van der Waals surface area contributed by atoms with Gasteiger partial charge in [0, 0.05) is 63.2 Å². The number of nitrogens with zero attached hydrogens (tertiary/aromatic N) is 6. The molecule has 0 N–H and O–H groups in total. The molecule has 242 valence electrons. The van der Waals surface area contributed by atoms with E-state index in [0.717, 1.165) is 50.0 Å². The van der Waals surface area contributed by atoms with E-state index < -0.39 is 0 Å². The van der Waals surface area contributed by atoms with Gasteiger partial charge in [0.15, 0.2) is 17.5 Å². The number of fused-ring (bicyclic) bond motifs is 8. The van der Waals surface area contributed by atoms with Crippen LogP contribution < -0.4 is 0 Å². The Balaban J connectivity index is 1.10. The van der Waals surface area contributed by atoms with Gasteiger partial charge >= 0.3 is 0 Å². The van der Waals surface area contributed by atoms with Crippen LogP contribution in [0, 0.1) is 0 Å². The Morgan fingerprint density at radius 1 is 0.288 bits per heavy atom. The normalized spacial score (nSPS) is 11.5. The van der Waals surface area contributed by atoms with Gasteiger partial charge in [-0.25, -0.2) is 19.9 Å². The van der Waals surface area contributed by atoms with Gasteiger partial charge in [0.2, 0.25) is 0 Å². The standard InChI is InChI=1S/C46H28N6/c1-3-12-37-35(10-1)36-11-2-4-13-38(36)42-41(37)39-14-5-6-15-40(39)49-43(42)30-18-16-29(17-19-30)33-8-7-9-34(28-33)46-51-44(31-20-24-47-25-21-31)50-45(52-46)32-22-26-48-27-23-32/h1-28H. The van der Waals surface area contributed by atoms with Crippen molar-refractivity contribution < 1.29 is 0 Å². The first kappa shape index (κ1) is 29.7. The molecule has 6 heteroatoms. The van der Waals surface area contributed by atoms with E-state index in [0.29, 0.717) is 17.5 Å². The first-order valence-corrected chi connectivity index (χ1v) is 17.2. The fourth-order valence-electron chi connectivity index (χ4n) is 7.26. The molecule has 0 saturated heterocycles. The molecule has 0 radical (unpaired) electrons. The van der Waals surface area contributed by atoms with Gasteiger partial charge in [-0.3, -0.25) is 9.97 Å². The topological polar surface area (TPSA) is 77.3 Å². The molecule has 6 nitrogen and oxygen atoms in total. The van der Waals surface area contributed by atoms with Gasteiger partial charge in [0.05, 0.1) is 11.2 Å². The van der Waals surface area contributed by atoms with E-state index in [1.54, 1.807) is 24.8 Å². The highest BCUT2D eigenvalue weighted by atomic mass is 15.0. The Bertz CT molecular complexity index is 2890. The van der Waals surface area contributed by atoms with E-state index in [4.69, 9.17) is 19.9 Å². The van der Waals surface area contributed by atoms with Crippen molar-refractivity contribution in [3.63, 3.8) is 0 Å². The molecule has 0 fully saturated rings. The van der Waals surface area contributed by atoms with Crippen LogP contribution in [0.3, 0.4) is 0 Å². The van der Waals surface area contributed by atoms with Crippen LogP contribution in [-0.4, -0.2) is 29.9 Å². The van der Waals surface area contributed by atoms with Gasteiger partial charge in [-0.2, -0.15) is 0 Å². The molecule has 0 amide bonds. The zero-order valence-electron chi connectivity index (χ0n) is 27.8. The fourth-order valence-corrected chi connectivity index (χ4v) is 7.26. The molecular formula is C46H28N6. The second-order valence-corrected chi connectivity index (χ2v) is 12.8. The third-order valence-corrected chi connectivity index (χ3v) is 9.70. The predicted octanol–water partition coefficient (Wildman–Crippen LogP) is 11.0. The fraction of sp³-hybridized carbons (Fsp3) is 0. The summed E-state index contributed by atoms with van der Waals surface area (Å²) >= 11 is 0. The Hall–Kier alpha value is -7.18. The Labute approximate surface area is 299 Å². The summed E-state index contributed by atoms with van der Waals surface area (Å²) in [6.07, 6.45) is 6.98. The van der Waals surface area contributed by atoms with Crippen molar-refractivity contribution in [3.8, 4) is 56.5 Å². The lowest BCUT2D eigenvalue weighted by atomic mass is 9.89. The lowest BCUT2D eigenvalue weighted by Gasteiger charge is -2.16. The van der Waals surface area contributed by atoms with Crippen LogP contribution in [0.1, 0.15) is 0 Å². The maximum Gasteiger partial charge on any atom is 0.164 e. The molecule has 4 aromatic heterocycles. The zero-order valence-corrected chi connectivity index (χ0v) is 27.8. The number of hydrogen-bond donors (Lipinski definition) is 0. The van der Waals surface area contributed by atoms with Crippen molar-refractivity contribution in [2.75, 3.05) is 0 Å². The smallest absolute Gasteiger partial charge is 0.164 e. The molecule has 0 aliphatic carbocycles. The third-order valence-electron chi connectivity index (χ3n) is 9.70. The second kappa shape index (κ2) is 12.3. The first-order chi connectivity index (χ1) is 25.8. The van der Waals surface area contributed by atoms with Gasteiger partial charge in [-0.1, -0.05) is 109 Å². The lowest BCUT2D eigenvalue weighted by molar-refractivity contribution is 1.07. The molecule has 52 heavy (non-hydrogen) atoms. The minimum Gasteiger partial charge on any atom is -0.265 e. The van der Waals surface area contributed by atoms with Crippen LogP contribution >= 0.6 is 0 Å². The molecule has 6 aromatic carbocycles. The molecule has 0 spiro atoms. The van der Waals surface area contributed by atoms with Gasteiger partial charge in [0.25, 0.3) is 0 Å². The minimum absolute atomic E-state index is 0.587. The summed E-state index contributed by atoms with van der Waals surface area (Å²) in [5, 5.41) is 8.50. The minimum atomic E-state index is 0.587. The van der Waals surface area contributed by atoms with Crippen LogP contribution in [0.15, 0.2) is 170 Å². The van der Waals surface area contributed by atoms with Crippen LogP contribution in [0.4, 0.5) is 0 Å². The highest BCUT2D eigenvalue weighted by Gasteiger charge is 2.18. The van der Waals surface area contributed by atoms with Gasteiger partial charge in [-0.15, -0.1) is 0 Å². The molecule has 0 unspecified atom stereocenters. The molecular weight excluding hydrogens is 637 g/mol. The molecule has 0 saturated carbocycles. The van der Waals surface area contributed by atoms with Crippen molar-refractivity contribution in [2.24, 2.45) is 0 Å². The number of benzene rings is 6. The van der Waals surface area contributed by atoms with Crippen LogP contribution in [0.25, 0.3) is 99.8 Å². The largest absolute Gasteiger partial charge is 0.265 e. The number of pyridine rings is 3. The number of aromatic nitrogens is 6. The molecule has 0 atom stereocenters. The van der Waals surface area contributed by atoms with Gasteiger partial charge in [0.1, 0.15) is 0 Å². The van der Waals surface area contributed by atoms with E-state index in [-0.39, 0.29) is 0 Å². The maximum absolute atomic E-state index is 5.32. The van der Waals surface area contributed by atoms with E-state index in [9.17, 15) is 0 Å². The Morgan fingerprint density at radius 3 is 1.38 bits per heavy atom. The summed E-state index contributed by atoms with van der Waals surface area (Å²) in [5.41, 5.74) is 7.82. The number of hydrogen-bond acceptors (Lipinski definition) is 6. The van der Waals surface area contributed by atoms with Crippen molar-refractivity contribution in [3.05, 3.63) is 170 Å². The average molecular weight is 665 g/mol. The third kappa shape index (κ3) is 5.05. The molecule has 10 aromatic rings. The van der Waals surface area contributed by atoms with Gasteiger partial charge < -0.3 is 0 Å². The SMILES string of the molecule is c1cc(-c2ccc(-c3nc4ccccc4c4c5ccccc5c5ccccc5c34)cc2)cc(-c2nc(-c3ccncc3)nc(-c3ccncc3)n2)c1. The summed E-state index contributed by atoms with van der Waals surface area (Å²) in [7, 11) is 0. The van der Waals surface area contributed by atoms with Crippen LogP contribution in [0.5, 0.6) is 0 Å². The predicted molar refractivity (Wildman–Crippen MR) is 210 cm³/mol. The molecule has 0 aliphatic heterocycles. The van der Waals surface area contributed by atoms with Crippen LogP contribution in [-0.2, 0) is 0 Å². The maximum atomic E-state index is 5.32. The number of para-hydroxylation sites is 1. The average Bonchev–Trinajstić information content (AvgIpc) is 3.24.